The Bertz CT molecular complexity index is 765. The number of nitrogens with one attached hydrogen (secondary N) is 2. The largest absolute Gasteiger partial charge is 0.351 e. The molecule has 25 heavy (non-hydrogen) atoms. The summed E-state index contributed by atoms with van der Waals surface area (Å²) in [5.74, 6) is -0.590. The van der Waals surface area contributed by atoms with Crippen LogP contribution >= 0.6 is 15.9 Å². The molecule has 0 aliphatic heterocycles. The number of halogens is 1. The van der Waals surface area contributed by atoms with E-state index in [-0.39, 0.29) is 17.5 Å². The molecule has 0 radical (unpaired) electrons. The van der Waals surface area contributed by atoms with Crippen molar-refractivity contribution in [2.75, 3.05) is 11.9 Å². The molecule has 0 spiro atoms. The van der Waals surface area contributed by atoms with Crippen LogP contribution in [0.2, 0.25) is 0 Å². The minimum absolute atomic E-state index is 0.209. The molecule has 0 fully saturated rings. The zero-order valence-electron chi connectivity index (χ0n) is 14.8. The number of hydrogen-bond acceptors (Lipinski definition) is 4. The van der Waals surface area contributed by atoms with Crippen LogP contribution in [-0.2, 0) is 16.9 Å². The summed E-state index contributed by atoms with van der Waals surface area (Å²) in [5, 5.41) is 14.0. The van der Waals surface area contributed by atoms with Crippen molar-refractivity contribution in [1.29, 1.82) is 0 Å². The topological polar surface area (TPSA) is 93.8 Å². The Hall–Kier alpha value is -2.16. The van der Waals surface area contributed by atoms with Crippen molar-refractivity contribution in [3.8, 4) is 0 Å². The van der Waals surface area contributed by atoms with Crippen LogP contribution in [0.25, 0.3) is 0 Å². The Morgan fingerprint density at radius 1 is 1.28 bits per heavy atom. The van der Waals surface area contributed by atoms with E-state index in [9.17, 15) is 9.59 Å². The number of hydrogen-bond donors (Lipinski definition) is 2. The Balaban J connectivity index is 2.25. The van der Waals surface area contributed by atoms with E-state index in [1.54, 1.807) is 41.8 Å². The average molecular weight is 411 g/mol. The van der Waals surface area contributed by atoms with Crippen LogP contribution in [0.4, 0.5) is 5.69 Å². The first-order valence-electron chi connectivity index (χ1n) is 8.17. The van der Waals surface area contributed by atoms with Crippen molar-refractivity contribution < 1.29 is 9.59 Å². The second-order valence-corrected chi connectivity index (χ2v) is 7.03. The first-order valence-corrected chi connectivity index (χ1v) is 8.96. The number of amides is 2. The molecule has 0 atom stereocenters. The lowest BCUT2D eigenvalue weighted by atomic mass is 10.0. The maximum absolute atomic E-state index is 12.8. The fourth-order valence-electron chi connectivity index (χ4n) is 2.15. The summed E-state index contributed by atoms with van der Waals surface area (Å²) in [7, 11) is 0. The first-order chi connectivity index (χ1) is 11.8. The number of nitrogens with zero attached hydrogens (tertiary/aromatic N) is 4. The fourth-order valence-corrected chi connectivity index (χ4v) is 2.44. The normalized spacial score (nSPS) is 11.4. The van der Waals surface area contributed by atoms with Gasteiger partial charge in [-0.25, -0.2) is 0 Å². The quantitative estimate of drug-likeness (QED) is 0.732. The highest BCUT2D eigenvalue weighted by atomic mass is 79.9. The minimum Gasteiger partial charge on any atom is -0.351 e. The van der Waals surface area contributed by atoms with Gasteiger partial charge >= 0.3 is 0 Å². The number of rotatable bonds is 7. The van der Waals surface area contributed by atoms with E-state index in [0.29, 0.717) is 18.8 Å². The maximum Gasteiger partial charge on any atom is 0.273 e. The van der Waals surface area contributed by atoms with Gasteiger partial charge in [0.2, 0.25) is 0 Å². The predicted octanol–water partition coefficient (Wildman–Crippen LogP) is 2.38. The summed E-state index contributed by atoms with van der Waals surface area (Å²) in [5.41, 5.74) is -0.335. The zero-order chi connectivity index (χ0) is 18.6. The van der Waals surface area contributed by atoms with Crippen LogP contribution in [0.15, 0.2) is 23.1 Å². The second-order valence-electron chi connectivity index (χ2n) is 6.12. The number of anilines is 1. The summed E-state index contributed by atoms with van der Waals surface area (Å²) < 4.78 is 3.97. The van der Waals surface area contributed by atoms with Gasteiger partial charge in [-0.2, -0.15) is 10.2 Å². The first kappa shape index (κ1) is 19.2. The number of carbonyl (C=O) groups excluding carboxylic acids is 2. The van der Waals surface area contributed by atoms with Gasteiger partial charge in [0.1, 0.15) is 5.54 Å². The van der Waals surface area contributed by atoms with Gasteiger partial charge in [0.05, 0.1) is 16.4 Å². The Morgan fingerprint density at radius 3 is 2.56 bits per heavy atom. The molecule has 2 aromatic rings. The van der Waals surface area contributed by atoms with Crippen LogP contribution in [0.5, 0.6) is 0 Å². The van der Waals surface area contributed by atoms with Gasteiger partial charge in [0, 0.05) is 25.5 Å². The molecular formula is C16H23BrN6O2. The lowest BCUT2D eigenvalue weighted by Crippen LogP contribution is -2.41. The number of aryl methyl sites for hydroxylation is 1. The van der Waals surface area contributed by atoms with Crippen LogP contribution in [0, 0.1) is 0 Å². The average Bonchev–Trinajstić information content (AvgIpc) is 3.19. The van der Waals surface area contributed by atoms with Crippen LogP contribution in [-0.4, -0.2) is 37.9 Å². The summed E-state index contributed by atoms with van der Waals surface area (Å²) in [4.78, 5) is 25.1. The fraction of sp³-hybridized carbons (Fsp3) is 0.500. The highest BCUT2D eigenvalue weighted by Crippen LogP contribution is 2.22. The lowest BCUT2D eigenvalue weighted by Gasteiger charge is -2.24. The molecule has 8 nitrogen and oxygen atoms in total. The molecule has 0 saturated carbocycles. The van der Waals surface area contributed by atoms with Gasteiger partial charge < -0.3 is 10.6 Å². The molecule has 0 bridgehead atoms. The summed E-state index contributed by atoms with van der Waals surface area (Å²) >= 11 is 3.33. The van der Waals surface area contributed by atoms with E-state index < -0.39 is 5.54 Å². The van der Waals surface area contributed by atoms with Crippen molar-refractivity contribution in [2.45, 2.75) is 46.2 Å². The van der Waals surface area contributed by atoms with E-state index in [4.69, 9.17) is 0 Å². The molecule has 0 aliphatic rings. The van der Waals surface area contributed by atoms with Crippen molar-refractivity contribution in [3.63, 3.8) is 0 Å². The molecule has 9 heteroatoms. The number of aromatic nitrogens is 4. The van der Waals surface area contributed by atoms with Gasteiger partial charge in [-0.1, -0.05) is 6.92 Å². The summed E-state index contributed by atoms with van der Waals surface area (Å²) in [6.07, 6.45) is 5.83. The molecule has 2 N–H and O–H groups in total. The monoisotopic (exact) mass is 410 g/mol. The van der Waals surface area contributed by atoms with Crippen LogP contribution in [0.1, 0.15) is 44.6 Å². The third kappa shape index (κ3) is 4.28. The molecule has 0 aliphatic carbocycles. The van der Waals surface area contributed by atoms with Crippen molar-refractivity contribution in [2.24, 2.45) is 0 Å². The molecule has 136 valence electrons. The molecular weight excluding hydrogens is 388 g/mol. The molecule has 2 heterocycles. The van der Waals surface area contributed by atoms with Crippen molar-refractivity contribution in [3.05, 3.63) is 28.8 Å². The van der Waals surface area contributed by atoms with E-state index in [1.807, 2.05) is 13.8 Å². The molecule has 0 unspecified atom stereocenters. The van der Waals surface area contributed by atoms with E-state index >= 15 is 0 Å². The third-order valence-electron chi connectivity index (χ3n) is 3.76. The van der Waals surface area contributed by atoms with Gasteiger partial charge in [-0.3, -0.25) is 19.0 Å². The Kier molecular flexibility index (Phi) is 5.99. The van der Waals surface area contributed by atoms with Crippen molar-refractivity contribution in [1.82, 2.24) is 24.9 Å². The second kappa shape index (κ2) is 7.81. The molecule has 2 amide bonds. The van der Waals surface area contributed by atoms with Gasteiger partial charge in [0.15, 0.2) is 5.69 Å². The summed E-state index contributed by atoms with van der Waals surface area (Å²) in [6, 6.07) is 0. The van der Waals surface area contributed by atoms with Gasteiger partial charge in [-0.15, -0.1) is 0 Å². The molecule has 0 saturated heterocycles. The lowest BCUT2D eigenvalue weighted by molar-refractivity contribution is -0.123. The predicted molar refractivity (Wildman–Crippen MR) is 98.4 cm³/mol. The smallest absolute Gasteiger partial charge is 0.273 e. The van der Waals surface area contributed by atoms with E-state index in [1.165, 1.54) is 0 Å². The SMILES string of the molecule is CCCNC(=O)c1nn(CC)cc1NC(=O)C(C)(C)n1cc(Br)cn1. The van der Waals surface area contributed by atoms with Gasteiger partial charge in [-0.05, 0) is 43.1 Å². The standard InChI is InChI=1S/C16H23BrN6O2/c1-5-7-18-14(24)13-12(10-22(6-2)21-13)20-15(25)16(3,4)23-9-11(17)8-19-23/h8-10H,5-7H2,1-4H3,(H,18,24)(H,20,25). The molecule has 2 aromatic heterocycles. The van der Waals surface area contributed by atoms with Crippen LogP contribution in [0.3, 0.4) is 0 Å². The Labute approximate surface area is 155 Å². The Morgan fingerprint density at radius 2 is 2.00 bits per heavy atom. The van der Waals surface area contributed by atoms with Crippen LogP contribution < -0.4 is 10.6 Å². The van der Waals surface area contributed by atoms with Gasteiger partial charge in [0.25, 0.3) is 11.8 Å². The van der Waals surface area contributed by atoms with Crippen molar-refractivity contribution >= 4 is 33.4 Å². The highest BCUT2D eigenvalue weighted by molar-refractivity contribution is 9.10. The van der Waals surface area contributed by atoms with E-state index in [0.717, 1.165) is 10.9 Å². The maximum atomic E-state index is 12.8. The van der Waals surface area contributed by atoms with E-state index in [2.05, 4.69) is 36.8 Å². The minimum atomic E-state index is -0.933. The molecule has 2 rings (SSSR count). The third-order valence-corrected chi connectivity index (χ3v) is 4.17. The highest BCUT2D eigenvalue weighted by Gasteiger charge is 2.32. The molecule has 0 aromatic carbocycles. The summed E-state index contributed by atoms with van der Waals surface area (Å²) in [6.45, 7) is 8.54. The zero-order valence-corrected chi connectivity index (χ0v) is 16.4. The number of carbonyl (C=O) groups is 2.